The number of nitrogens with one attached hydrogen (secondary N) is 1. The van der Waals surface area contributed by atoms with E-state index in [1.54, 1.807) is 44.2 Å². The molecule has 2 saturated heterocycles. The van der Waals surface area contributed by atoms with Crippen LogP contribution in [0, 0.1) is 0 Å². The van der Waals surface area contributed by atoms with Crippen molar-refractivity contribution in [2.24, 2.45) is 7.05 Å². The van der Waals surface area contributed by atoms with E-state index in [2.05, 4.69) is 20.1 Å². The van der Waals surface area contributed by atoms with Gasteiger partial charge in [-0.25, -0.2) is 4.98 Å². The molecule has 2 aromatic carbocycles. The fourth-order valence-electron chi connectivity index (χ4n) is 7.16. The summed E-state index contributed by atoms with van der Waals surface area (Å²) in [6.07, 6.45) is 3.63. The molecule has 0 bridgehead atoms. The number of rotatable bonds is 8. The van der Waals surface area contributed by atoms with Gasteiger partial charge in [0.2, 0.25) is 11.8 Å². The Hall–Kier alpha value is -5.76. The molecular weight excluding hydrogens is 654 g/mol. The molecule has 3 aliphatic heterocycles. The molecule has 2 aromatic heterocycles. The number of amides is 4. The van der Waals surface area contributed by atoms with Crippen LogP contribution in [0.3, 0.4) is 0 Å². The molecule has 1 unspecified atom stereocenters. The van der Waals surface area contributed by atoms with Gasteiger partial charge in [0.25, 0.3) is 17.4 Å². The third-order valence-corrected chi connectivity index (χ3v) is 9.97. The molecule has 14 heteroatoms. The lowest BCUT2D eigenvalue weighted by Gasteiger charge is -2.36. The minimum atomic E-state index is -1.00. The molecule has 0 radical (unpaired) electrons. The average Bonchev–Trinajstić information content (AvgIpc) is 3.38. The van der Waals surface area contributed by atoms with Crippen LogP contribution < -0.4 is 30.1 Å². The maximum absolute atomic E-state index is 13.4. The Morgan fingerprint density at radius 1 is 0.863 bits per heavy atom. The largest absolute Gasteiger partial charge is 0.496 e. The molecule has 4 aromatic rings. The van der Waals surface area contributed by atoms with Crippen LogP contribution >= 0.6 is 0 Å². The summed E-state index contributed by atoms with van der Waals surface area (Å²) in [5.74, 6) is -0.00802. The predicted molar refractivity (Wildman–Crippen MR) is 190 cm³/mol. The fourth-order valence-corrected chi connectivity index (χ4v) is 7.16. The molecule has 1 N–H and O–H groups in total. The number of carbonyl (C=O) groups is 4. The van der Waals surface area contributed by atoms with E-state index in [1.165, 1.54) is 0 Å². The van der Waals surface area contributed by atoms with Gasteiger partial charge in [-0.05, 0) is 48.4 Å². The number of hydrogen-bond donors (Lipinski definition) is 1. The maximum Gasteiger partial charge on any atom is 0.262 e. The summed E-state index contributed by atoms with van der Waals surface area (Å²) in [4.78, 5) is 75.4. The number of pyridine rings is 2. The van der Waals surface area contributed by atoms with Crippen LogP contribution in [0.2, 0.25) is 0 Å². The Morgan fingerprint density at radius 3 is 2.20 bits per heavy atom. The molecule has 7 rings (SSSR count). The molecule has 0 spiro atoms. The number of aryl methyl sites for hydroxylation is 1. The van der Waals surface area contributed by atoms with Crippen LogP contribution in [-0.2, 0) is 23.2 Å². The molecule has 51 heavy (non-hydrogen) atoms. The Morgan fingerprint density at radius 2 is 1.55 bits per heavy atom. The quantitative estimate of drug-likeness (QED) is 0.272. The number of hydrogen-bond acceptors (Lipinski definition) is 11. The second kappa shape index (κ2) is 13.2. The average molecular weight is 694 g/mol. The van der Waals surface area contributed by atoms with Crippen molar-refractivity contribution in [1.82, 2.24) is 24.7 Å². The van der Waals surface area contributed by atoms with Crippen molar-refractivity contribution in [3.8, 4) is 22.6 Å². The van der Waals surface area contributed by atoms with Crippen LogP contribution in [0.5, 0.6) is 11.5 Å². The fraction of sp³-hybridized carbons (Fsp3) is 0.351. The highest BCUT2D eigenvalue weighted by atomic mass is 16.5. The number of imide groups is 2. The molecule has 2 fully saturated rings. The predicted octanol–water partition coefficient (Wildman–Crippen LogP) is 2.41. The second-order valence-corrected chi connectivity index (χ2v) is 13.2. The van der Waals surface area contributed by atoms with Gasteiger partial charge in [0.1, 0.15) is 23.4 Å². The molecule has 1 atom stereocenters. The second-order valence-electron chi connectivity index (χ2n) is 13.2. The minimum absolute atomic E-state index is 0.0728. The van der Waals surface area contributed by atoms with E-state index in [1.807, 2.05) is 49.5 Å². The third-order valence-electron chi connectivity index (χ3n) is 9.97. The van der Waals surface area contributed by atoms with Gasteiger partial charge in [0.05, 0.1) is 36.3 Å². The van der Waals surface area contributed by atoms with E-state index in [4.69, 9.17) is 9.47 Å². The summed E-state index contributed by atoms with van der Waals surface area (Å²) in [6, 6.07) is 10.1. The van der Waals surface area contributed by atoms with E-state index in [0.717, 1.165) is 38.5 Å². The van der Waals surface area contributed by atoms with Gasteiger partial charge >= 0.3 is 0 Å². The van der Waals surface area contributed by atoms with E-state index in [-0.39, 0.29) is 29.5 Å². The third kappa shape index (κ3) is 5.94. The van der Waals surface area contributed by atoms with Gasteiger partial charge in [-0.15, -0.1) is 0 Å². The number of carbonyl (C=O) groups excluding carboxylic acids is 4. The zero-order chi connectivity index (χ0) is 36.1. The van der Waals surface area contributed by atoms with Crippen molar-refractivity contribution in [3.63, 3.8) is 0 Å². The topological polar surface area (TPSA) is 147 Å². The number of fused-ring (bicyclic) bond motifs is 2. The molecular formula is C37H39N7O7. The van der Waals surface area contributed by atoms with Gasteiger partial charge in [-0.2, -0.15) is 0 Å². The van der Waals surface area contributed by atoms with Crippen LogP contribution in [0.1, 0.15) is 39.1 Å². The first-order valence-corrected chi connectivity index (χ1v) is 16.7. The monoisotopic (exact) mass is 693 g/mol. The minimum Gasteiger partial charge on any atom is -0.496 e. The van der Waals surface area contributed by atoms with Crippen molar-refractivity contribution in [2.75, 3.05) is 64.3 Å². The first-order chi connectivity index (χ1) is 24.5. The summed E-state index contributed by atoms with van der Waals surface area (Å²) in [6.45, 7) is 3.35. The number of ether oxygens (including phenoxy) is 2. The highest BCUT2D eigenvalue weighted by molar-refractivity contribution is 6.23. The summed E-state index contributed by atoms with van der Waals surface area (Å²) < 4.78 is 13.4. The van der Waals surface area contributed by atoms with Gasteiger partial charge in [-0.1, -0.05) is 0 Å². The van der Waals surface area contributed by atoms with Crippen LogP contribution in [0.15, 0.2) is 53.6 Å². The number of aromatic nitrogens is 2. The molecule has 264 valence electrons. The molecule has 0 aliphatic carbocycles. The Kier molecular flexibility index (Phi) is 8.71. The Balaban J connectivity index is 1.09. The number of piperidine rings is 1. The molecule has 3 aliphatic rings. The van der Waals surface area contributed by atoms with E-state index in [9.17, 15) is 24.0 Å². The van der Waals surface area contributed by atoms with Crippen molar-refractivity contribution in [3.05, 3.63) is 75.8 Å². The van der Waals surface area contributed by atoms with Gasteiger partial charge in [0.15, 0.2) is 0 Å². The van der Waals surface area contributed by atoms with Gasteiger partial charge < -0.3 is 23.8 Å². The van der Waals surface area contributed by atoms with E-state index in [0.29, 0.717) is 49.6 Å². The number of methoxy groups -OCH3 is 2. The van der Waals surface area contributed by atoms with E-state index < -0.39 is 29.7 Å². The zero-order valence-corrected chi connectivity index (χ0v) is 29.2. The number of anilines is 2. The molecule has 14 nitrogen and oxygen atoms in total. The van der Waals surface area contributed by atoms with Crippen molar-refractivity contribution < 1.29 is 28.7 Å². The first-order valence-electron chi connectivity index (χ1n) is 16.7. The summed E-state index contributed by atoms with van der Waals surface area (Å²) in [5.41, 5.74) is 3.80. The summed E-state index contributed by atoms with van der Waals surface area (Å²) in [5, 5.41) is 3.53. The molecule has 0 saturated carbocycles. The lowest BCUT2D eigenvalue weighted by molar-refractivity contribution is -0.136. The standard InChI is InChI=1S/C37H39N7O7/c1-40(2)32-17-24-26(18-38-32)35(47)41(3)19-27(24)21-14-30(50-4)28(31(15-21)51-5)20-42-10-12-43(13-11-42)22-6-7-23-25(16-22)37(49)44(36(23)48)29-8-9-33(45)39-34(29)46/h6-7,14-19,29H,8-13,20H2,1-5H3,(H,39,45,46). The van der Waals surface area contributed by atoms with Crippen LogP contribution in [-0.4, -0.2) is 104 Å². The van der Waals surface area contributed by atoms with Crippen molar-refractivity contribution >= 4 is 45.9 Å². The zero-order valence-electron chi connectivity index (χ0n) is 29.2. The van der Waals surface area contributed by atoms with E-state index >= 15 is 0 Å². The number of nitrogens with zero attached hydrogens (tertiary/aromatic N) is 6. The van der Waals surface area contributed by atoms with Gasteiger partial charge in [0, 0.05) is 89.3 Å². The highest BCUT2D eigenvalue weighted by Gasteiger charge is 2.44. The molecule has 5 heterocycles. The lowest BCUT2D eigenvalue weighted by atomic mass is 9.98. The van der Waals surface area contributed by atoms with Crippen LogP contribution in [0.4, 0.5) is 11.5 Å². The summed E-state index contributed by atoms with van der Waals surface area (Å²) >= 11 is 0. The lowest BCUT2D eigenvalue weighted by Crippen LogP contribution is -2.54. The maximum atomic E-state index is 13.4. The Labute approximate surface area is 294 Å². The smallest absolute Gasteiger partial charge is 0.262 e. The van der Waals surface area contributed by atoms with Crippen molar-refractivity contribution in [1.29, 1.82) is 0 Å². The number of benzene rings is 2. The molecule has 4 amide bonds. The highest BCUT2D eigenvalue weighted by Crippen LogP contribution is 2.39. The Bertz CT molecular complexity index is 2150. The van der Waals surface area contributed by atoms with Crippen LogP contribution in [0.25, 0.3) is 21.9 Å². The van der Waals surface area contributed by atoms with Crippen molar-refractivity contribution in [2.45, 2.75) is 25.4 Å². The summed E-state index contributed by atoms with van der Waals surface area (Å²) in [7, 11) is 8.80. The number of piperazine rings is 1. The first kappa shape index (κ1) is 33.7. The van der Waals surface area contributed by atoms with Gasteiger partial charge in [-0.3, -0.25) is 39.1 Å². The normalized spacial score (nSPS) is 17.9. The SMILES string of the molecule is COc1cc(-c2cn(C)c(=O)c3cnc(N(C)C)cc23)cc(OC)c1CN1CCN(c2ccc3c(c2)C(=O)N(C2CCC(=O)NC2=O)C3=O)CC1.